The summed E-state index contributed by atoms with van der Waals surface area (Å²) in [6, 6.07) is 11.6. The molecule has 1 amide bonds. The highest BCUT2D eigenvalue weighted by Crippen LogP contribution is 2.25. The lowest BCUT2D eigenvalue weighted by atomic mass is 10.1. The highest BCUT2D eigenvalue weighted by molar-refractivity contribution is 6.00. The molecule has 0 bridgehead atoms. The van der Waals surface area contributed by atoms with E-state index in [2.05, 4.69) is 15.5 Å². The SMILES string of the molecule is CCOc1ccc(CC(=O)Nc2n[nH]c3ccc([N+](=O)[O-])cc23)cc1. The molecule has 2 aromatic carbocycles. The van der Waals surface area contributed by atoms with E-state index < -0.39 is 4.92 Å². The van der Waals surface area contributed by atoms with Crippen LogP contribution in [0.25, 0.3) is 10.9 Å². The van der Waals surface area contributed by atoms with Crippen LogP contribution < -0.4 is 10.1 Å². The van der Waals surface area contributed by atoms with Crippen molar-refractivity contribution in [1.29, 1.82) is 0 Å². The number of aromatic nitrogens is 2. The molecule has 0 spiro atoms. The smallest absolute Gasteiger partial charge is 0.270 e. The number of amides is 1. The lowest BCUT2D eigenvalue weighted by Gasteiger charge is -2.05. The summed E-state index contributed by atoms with van der Waals surface area (Å²) >= 11 is 0. The third-order valence-corrected chi connectivity index (χ3v) is 3.61. The number of hydrogen-bond acceptors (Lipinski definition) is 5. The summed E-state index contributed by atoms with van der Waals surface area (Å²) in [5.74, 6) is 0.760. The molecule has 8 nitrogen and oxygen atoms in total. The van der Waals surface area contributed by atoms with Gasteiger partial charge in [-0.2, -0.15) is 5.10 Å². The van der Waals surface area contributed by atoms with Gasteiger partial charge in [-0.05, 0) is 30.7 Å². The molecule has 0 fully saturated rings. The molecular formula is C17H16N4O4. The Morgan fingerprint density at radius 2 is 2.04 bits per heavy atom. The average molecular weight is 340 g/mol. The van der Waals surface area contributed by atoms with Crippen molar-refractivity contribution in [2.24, 2.45) is 0 Å². The highest BCUT2D eigenvalue weighted by Gasteiger charge is 2.14. The van der Waals surface area contributed by atoms with E-state index in [1.165, 1.54) is 12.1 Å². The first-order valence-corrected chi connectivity index (χ1v) is 7.71. The predicted molar refractivity (Wildman–Crippen MR) is 92.7 cm³/mol. The number of aromatic amines is 1. The van der Waals surface area contributed by atoms with Crippen molar-refractivity contribution in [1.82, 2.24) is 10.2 Å². The Labute approximate surface area is 143 Å². The molecule has 8 heteroatoms. The summed E-state index contributed by atoms with van der Waals surface area (Å²) in [4.78, 5) is 22.6. The van der Waals surface area contributed by atoms with Crippen molar-refractivity contribution in [3.05, 3.63) is 58.1 Å². The van der Waals surface area contributed by atoms with E-state index in [1.54, 1.807) is 18.2 Å². The molecule has 1 aromatic heterocycles. The number of carbonyl (C=O) groups is 1. The number of ether oxygens (including phenoxy) is 1. The fourth-order valence-electron chi connectivity index (χ4n) is 2.44. The molecule has 0 saturated heterocycles. The van der Waals surface area contributed by atoms with Crippen LogP contribution in [-0.4, -0.2) is 27.6 Å². The maximum Gasteiger partial charge on any atom is 0.270 e. The Hall–Kier alpha value is -3.42. The van der Waals surface area contributed by atoms with E-state index in [1.807, 2.05) is 19.1 Å². The number of fused-ring (bicyclic) bond motifs is 1. The van der Waals surface area contributed by atoms with E-state index in [0.29, 0.717) is 17.5 Å². The standard InChI is InChI=1S/C17H16N4O4/c1-2-25-13-6-3-11(4-7-13)9-16(22)18-17-14-10-12(21(23)24)5-8-15(14)19-20-17/h3-8,10H,2,9H2,1H3,(H2,18,19,20,22). The molecule has 128 valence electrons. The summed E-state index contributed by atoms with van der Waals surface area (Å²) in [6.45, 7) is 2.48. The van der Waals surface area contributed by atoms with Crippen LogP contribution in [-0.2, 0) is 11.2 Å². The number of nitro benzene ring substituents is 1. The van der Waals surface area contributed by atoms with Crippen LogP contribution in [0, 0.1) is 10.1 Å². The van der Waals surface area contributed by atoms with Crippen molar-refractivity contribution < 1.29 is 14.5 Å². The molecule has 0 aliphatic carbocycles. The Bertz CT molecular complexity index is 918. The summed E-state index contributed by atoms with van der Waals surface area (Å²) in [5, 5.41) is 20.8. The zero-order chi connectivity index (χ0) is 17.8. The van der Waals surface area contributed by atoms with Gasteiger partial charge in [-0.1, -0.05) is 12.1 Å². The summed E-state index contributed by atoms with van der Waals surface area (Å²) in [5.41, 5.74) is 1.38. The first-order chi connectivity index (χ1) is 12.1. The van der Waals surface area contributed by atoms with Gasteiger partial charge in [-0.3, -0.25) is 20.0 Å². The quantitative estimate of drug-likeness (QED) is 0.529. The van der Waals surface area contributed by atoms with Crippen molar-refractivity contribution in [2.45, 2.75) is 13.3 Å². The van der Waals surface area contributed by atoms with Crippen LogP contribution >= 0.6 is 0 Å². The molecule has 3 rings (SSSR count). The molecule has 1 heterocycles. The van der Waals surface area contributed by atoms with E-state index >= 15 is 0 Å². The molecule has 2 N–H and O–H groups in total. The number of anilines is 1. The van der Waals surface area contributed by atoms with Crippen LogP contribution in [0.5, 0.6) is 5.75 Å². The van der Waals surface area contributed by atoms with Gasteiger partial charge in [0.15, 0.2) is 5.82 Å². The van der Waals surface area contributed by atoms with Crippen LogP contribution in [0.2, 0.25) is 0 Å². The lowest BCUT2D eigenvalue weighted by molar-refractivity contribution is -0.384. The van der Waals surface area contributed by atoms with Crippen LogP contribution in [0.1, 0.15) is 12.5 Å². The van der Waals surface area contributed by atoms with E-state index in [4.69, 9.17) is 4.74 Å². The van der Waals surface area contributed by atoms with E-state index in [0.717, 1.165) is 11.3 Å². The van der Waals surface area contributed by atoms with E-state index in [9.17, 15) is 14.9 Å². The molecule has 0 aliphatic heterocycles. The molecule has 0 radical (unpaired) electrons. The second kappa shape index (κ2) is 7.00. The number of carbonyl (C=O) groups excluding carboxylic acids is 1. The first kappa shape index (κ1) is 16.4. The monoisotopic (exact) mass is 340 g/mol. The molecule has 0 unspecified atom stereocenters. The molecular weight excluding hydrogens is 324 g/mol. The first-order valence-electron chi connectivity index (χ1n) is 7.71. The van der Waals surface area contributed by atoms with E-state index in [-0.39, 0.29) is 23.8 Å². The third-order valence-electron chi connectivity index (χ3n) is 3.61. The Morgan fingerprint density at radius 1 is 1.28 bits per heavy atom. The third kappa shape index (κ3) is 3.74. The molecule has 0 aliphatic rings. The summed E-state index contributed by atoms with van der Waals surface area (Å²) < 4.78 is 5.36. The van der Waals surface area contributed by atoms with Crippen molar-refractivity contribution in [2.75, 3.05) is 11.9 Å². The second-order valence-corrected chi connectivity index (χ2v) is 5.36. The fourth-order valence-corrected chi connectivity index (χ4v) is 2.44. The Balaban J connectivity index is 1.73. The summed E-state index contributed by atoms with van der Waals surface area (Å²) in [6.07, 6.45) is 0.162. The van der Waals surface area contributed by atoms with Gasteiger partial charge in [0.25, 0.3) is 5.69 Å². The largest absolute Gasteiger partial charge is 0.494 e. The molecule has 0 saturated carbocycles. The van der Waals surface area contributed by atoms with Gasteiger partial charge >= 0.3 is 0 Å². The number of H-pyrrole nitrogens is 1. The number of non-ortho nitro benzene ring substituents is 1. The fraction of sp³-hybridized carbons (Fsp3) is 0.176. The number of benzene rings is 2. The molecule has 0 atom stereocenters. The van der Waals surface area contributed by atoms with Gasteiger partial charge < -0.3 is 10.1 Å². The zero-order valence-corrected chi connectivity index (χ0v) is 13.5. The number of rotatable bonds is 6. The van der Waals surface area contributed by atoms with Gasteiger partial charge in [-0.15, -0.1) is 0 Å². The Kier molecular flexibility index (Phi) is 4.60. The zero-order valence-electron chi connectivity index (χ0n) is 13.5. The highest BCUT2D eigenvalue weighted by atomic mass is 16.6. The van der Waals surface area contributed by atoms with Gasteiger partial charge in [0.1, 0.15) is 5.75 Å². The summed E-state index contributed by atoms with van der Waals surface area (Å²) in [7, 11) is 0. The second-order valence-electron chi connectivity index (χ2n) is 5.36. The van der Waals surface area contributed by atoms with Gasteiger partial charge in [-0.25, -0.2) is 0 Å². The van der Waals surface area contributed by atoms with Crippen molar-refractivity contribution >= 4 is 28.3 Å². The predicted octanol–water partition coefficient (Wildman–Crippen LogP) is 3.05. The number of nitrogens with zero attached hydrogens (tertiary/aromatic N) is 2. The van der Waals surface area contributed by atoms with Crippen molar-refractivity contribution in [3.63, 3.8) is 0 Å². The lowest BCUT2D eigenvalue weighted by Crippen LogP contribution is -2.14. The molecule has 25 heavy (non-hydrogen) atoms. The maximum absolute atomic E-state index is 12.2. The van der Waals surface area contributed by atoms with Crippen molar-refractivity contribution in [3.8, 4) is 5.75 Å². The minimum atomic E-state index is -0.488. The van der Waals surface area contributed by atoms with Gasteiger partial charge in [0.05, 0.1) is 28.9 Å². The van der Waals surface area contributed by atoms with Crippen LogP contribution in [0.15, 0.2) is 42.5 Å². The molecule has 3 aromatic rings. The normalized spacial score (nSPS) is 10.6. The minimum Gasteiger partial charge on any atom is -0.494 e. The average Bonchev–Trinajstić information content (AvgIpc) is 2.99. The topological polar surface area (TPSA) is 110 Å². The van der Waals surface area contributed by atoms with Gasteiger partial charge in [0, 0.05) is 12.1 Å². The van der Waals surface area contributed by atoms with Crippen LogP contribution in [0.4, 0.5) is 11.5 Å². The maximum atomic E-state index is 12.2. The van der Waals surface area contributed by atoms with Gasteiger partial charge in [0.2, 0.25) is 5.91 Å². The minimum absolute atomic E-state index is 0.0593. The van der Waals surface area contributed by atoms with Crippen LogP contribution in [0.3, 0.4) is 0 Å². The number of nitrogens with one attached hydrogen (secondary N) is 2. The number of nitro groups is 1. The number of hydrogen-bond donors (Lipinski definition) is 2. The Morgan fingerprint density at radius 3 is 2.72 bits per heavy atom.